The number of ether oxygens (including phenoxy) is 1. The number of hydrogen-bond acceptors (Lipinski definition) is 3. The highest BCUT2D eigenvalue weighted by Crippen LogP contribution is 2.29. The van der Waals surface area contributed by atoms with E-state index >= 15 is 0 Å². The topological polar surface area (TPSA) is 42.4 Å². The van der Waals surface area contributed by atoms with Gasteiger partial charge in [0.1, 0.15) is 0 Å². The van der Waals surface area contributed by atoms with E-state index in [0.717, 1.165) is 0 Å². The highest BCUT2D eigenvalue weighted by atomic mass is 19.1. The van der Waals surface area contributed by atoms with Gasteiger partial charge in [-0.2, -0.15) is 9.37 Å². The zero-order chi connectivity index (χ0) is 9.97. The monoisotopic (exact) mass is 197 g/mol. The Morgan fingerprint density at radius 3 is 2.86 bits per heavy atom. The van der Waals surface area contributed by atoms with Crippen LogP contribution in [0.1, 0.15) is 18.4 Å². The highest BCUT2D eigenvalue weighted by Gasteiger charge is 2.22. The lowest BCUT2D eigenvalue weighted by atomic mass is 10.3. The van der Waals surface area contributed by atoms with E-state index in [0.29, 0.717) is 18.4 Å². The minimum Gasteiger partial charge on any atom is -0.477 e. The molecule has 1 aliphatic carbocycles. The van der Waals surface area contributed by atoms with Crippen molar-refractivity contribution in [1.29, 1.82) is 0 Å². The van der Waals surface area contributed by atoms with Crippen LogP contribution in [0.5, 0.6) is 5.88 Å². The van der Waals surface area contributed by atoms with Crippen molar-refractivity contribution >= 4 is 0 Å². The molecule has 4 heteroatoms. The molecule has 0 saturated heterocycles. The van der Waals surface area contributed by atoms with Crippen molar-refractivity contribution in [3.8, 4) is 5.88 Å². The molecular weight excluding hydrogens is 185 g/mol. The SMILES string of the molecule is OCc1ccc(OCC2CC2)nc1F. The molecule has 0 radical (unpaired) electrons. The van der Waals surface area contributed by atoms with Crippen LogP contribution in [0.4, 0.5) is 4.39 Å². The molecule has 0 spiro atoms. The Labute approximate surface area is 81.5 Å². The quantitative estimate of drug-likeness (QED) is 0.744. The van der Waals surface area contributed by atoms with Gasteiger partial charge >= 0.3 is 0 Å². The second kappa shape index (κ2) is 3.92. The third kappa shape index (κ3) is 2.20. The lowest BCUT2D eigenvalue weighted by molar-refractivity contribution is 0.266. The molecule has 0 aliphatic heterocycles. The fourth-order valence-corrected chi connectivity index (χ4v) is 1.13. The molecule has 2 rings (SSSR count). The van der Waals surface area contributed by atoms with Crippen LogP contribution in [0.2, 0.25) is 0 Å². The van der Waals surface area contributed by atoms with E-state index in [1.54, 1.807) is 6.07 Å². The Kier molecular flexibility index (Phi) is 2.63. The maximum atomic E-state index is 13.0. The largest absolute Gasteiger partial charge is 0.477 e. The average molecular weight is 197 g/mol. The number of aliphatic hydroxyl groups is 1. The molecule has 3 nitrogen and oxygen atoms in total. The van der Waals surface area contributed by atoms with Crippen LogP contribution < -0.4 is 4.74 Å². The average Bonchev–Trinajstić information content (AvgIpc) is 2.98. The maximum absolute atomic E-state index is 13.0. The number of rotatable bonds is 4. The molecular formula is C10H12FNO2. The molecule has 1 fully saturated rings. The van der Waals surface area contributed by atoms with Crippen molar-refractivity contribution in [3.05, 3.63) is 23.6 Å². The van der Waals surface area contributed by atoms with Crippen LogP contribution in [0.3, 0.4) is 0 Å². The summed E-state index contributed by atoms with van der Waals surface area (Å²) in [6, 6.07) is 3.07. The fraction of sp³-hybridized carbons (Fsp3) is 0.500. The van der Waals surface area contributed by atoms with Crippen molar-refractivity contribution < 1.29 is 14.2 Å². The maximum Gasteiger partial charge on any atom is 0.221 e. The summed E-state index contributed by atoms with van der Waals surface area (Å²) in [5.74, 6) is 0.268. The van der Waals surface area contributed by atoms with E-state index in [1.165, 1.54) is 18.9 Å². The minimum atomic E-state index is -0.652. The predicted molar refractivity (Wildman–Crippen MR) is 48.3 cm³/mol. The standard InChI is InChI=1S/C10H12FNO2/c11-10-8(5-13)3-4-9(12-10)14-6-7-1-2-7/h3-4,7,13H,1-2,5-6H2. The van der Waals surface area contributed by atoms with Gasteiger partial charge < -0.3 is 9.84 Å². The van der Waals surface area contributed by atoms with Gasteiger partial charge in [0.15, 0.2) is 0 Å². The fourth-order valence-electron chi connectivity index (χ4n) is 1.13. The van der Waals surface area contributed by atoms with Crippen LogP contribution >= 0.6 is 0 Å². The molecule has 1 saturated carbocycles. The minimum absolute atomic E-state index is 0.198. The predicted octanol–water partition coefficient (Wildman–Crippen LogP) is 1.50. The number of aliphatic hydroxyl groups excluding tert-OH is 1. The summed E-state index contributed by atoms with van der Waals surface area (Å²) in [6.45, 7) is 0.284. The molecule has 1 N–H and O–H groups in total. The third-order valence-electron chi connectivity index (χ3n) is 2.23. The number of aromatic nitrogens is 1. The van der Waals surface area contributed by atoms with Gasteiger partial charge in [0.05, 0.1) is 13.2 Å². The van der Waals surface area contributed by atoms with Crippen LogP contribution in [0, 0.1) is 11.9 Å². The van der Waals surface area contributed by atoms with Gasteiger partial charge in [-0.1, -0.05) is 0 Å². The van der Waals surface area contributed by atoms with E-state index in [-0.39, 0.29) is 12.2 Å². The highest BCUT2D eigenvalue weighted by molar-refractivity contribution is 5.18. The first kappa shape index (κ1) is 9.40. The normalized spacial score (nSPS) is 15.6. The molecule has 0 amide bonds. The van der Waals surface area contributed by atoms with Gasteiger partial charge in [-0.3, -0.25) is 0 Å². The molecule has 1 aliphatic rings. The Morgan fingerprint density at radius 1 is 1.50 bits per heavy atom. The number of halogens is 1. The van der Waals surface area contributed by atoms with Crippen molar-refractivity contribution in [1.82, 2.24) is 4.98 Å². The first-order valence-electron chi connectivity index (χ1n) is 4.68. The second-order valence-corrected chi connectivity index (χ2v) is 3.51. The summed E-state index contributed by atoms with van der Waals surface area (Å²) in [7, 11) is 0. The molecule has 0 aromatic carbocycles. The number of pyridine rings is 1. The molecule has 1 aromatic rings. The van der Waals surface area contributed by atoms with Gasteiger partial charge in [0.25, 0.3) is 0 Å². The van der Waals surface area contributed by atoms with Crippen LogP contribution in [0.15, 0.2) is 12.1 Å². The lowest BCUT2D eigenvalue weighted by Gasteiger charge is -2.05. The molecule has 1 aromatic heterocycles. The Morgan fingerprint density at radius 2 is 2.29 bits per heavy atom. The van der Waals surface area contributed by atoms with E-state index in [9.17, 15) is 4.39 Å². The van der Waals surface area contributed by atoms with Crippen LogP contribution in [-0.4, -0.2) is 16.7 Å². The first-order chi connectivity index (χ1) is 6.79. The van der Waals surface area contributed by atoms with E-state index in [4.69, 9.17) is 9.84 Å². The van der Waals surface area contributed by atoms with Gasteiger partial charge in [0, 0.05) is 11.6 Å². The number of hydrogen-bond donors (Lipinski definition) is 1. The smallest absolute Gasteiger partial charge is 0.221 e. The van der Waals surface area contributed by atoms with Crippen molar-refractivity contribution in [2.45, 2.75) is 19.4 Å². The summed E-state index contributed by atoms with van der Waals surface area (Å²) < 4.78 is 18.3. The third-order valence-corrected chi connectivity index (χ3v) is 2.23. The molecule has 0 bridgehead atoms. The summed E-state index contributed by atoms with van der Waals surface area (Å²) in [5.41, 5.74) is 0.198. The molecule has 0 unspecified atom stereocenters. The summed E-state index contributed by atoms with van der Waals surface area (Å²) >= 11 is 0. The van der Waals surface area contributed by atoms with Gasteiger partial charge in [0.2, 0.25) is 11.8 Å². The summed E-state index contributed by atoms with van der Waals surface area (Å²) in [4.78, 5) is 3.59. The number of nitrogens with zero attached hydrogens (tertiary/aromatic N) is 1. The van der Waals surface area contributed by atoms with Crippen LogP contribution in [-0.2, 0) is 6.61 Å². The summed E-state index contributed by atoms with van der Waals surface area (Å²) in [5, 5.41) is 8.72. The van der Waals surface area contributed by atoms with Crippen molar-refractivity contribution in [2.24, 2.45) is 5.92 Å². The van der Waals surface area contributed by atoms with E-state index < -0.39 is 5.95 Å². The molecule has 14 heavy (non-hydrogen) atoms. The van der Waals surface area contributed by atoms with Crippen molar-refractivity contribution in [3.63, 3.8) is 0 Å². The molecule has 76 valence electrons. The zero-order valence-electron chi connectivity index (χ0n) is 7.74. The van der Waals surface area contributed by atoms with E-state index in [1.807, 2.05) is 0 Å². The first-order valence-corrected chi connectivity index (χ1v) is 4.68. The van der Waals surface area contributed by atoms with Gasteiger partial charge in [-0.05, 0) is 24.8 Å². The Balaban J connectivity index is 1.99. The van der Waals surface area contributed by atoms with E-state index in [2.05, 4.69) is 4.98 Å². The lowest BCUT2D eigenvalue weighted by Crippen LogP contribution is -2.03. The second-order valence-electron chi connectivity index (χ2n) is 3.51. The molecule has 1 heterocycles. The zero-order valence-corrected chi connectivity index (χ0v) is 7.74. The van der Waals surface area contributed by atoms with Crippen molar-refractivity contribution in [2.75, 3.05) is 6.61 Å². The van der Waals surface area contributed by atoms with Gasteiger partial charge in [-0.15, -0.1) is 0 Å². The van der Waals surface area contributed by atoms with Gasteiger partial charge in [-0.25, -0.2) is 0 Å². The molecule has 0 atom stereocenters. The Hall–Kier alpha value is -1.16. The Bertz CT molecular complexity index is 326. The van der Waals surface area contributed by atoms with Crippen LogP contribution in [0.25, 0.3) is 0 Å². The summed E-state index contributed by atoms with van der Waals surface area (Å²) in [6.07, 6.45) is 2.38.